The fraction of sp³-hybridized carbons (Fsp3) is 0.529. The zero-order valence-electron chi connectivity index (χ0n) is 14.3. The molecule has 0 saturated heterocycles. The second-order valence-corrected chi connectivity index (χ2v) is 6.76. The molecule has 0 radical (unpaired) electrons. The van der Waals surface area contributed by atoms with E-state index in [-0.39, 0.29) is 6.04 Å². The van der Waals surface area contributed by atoms with Crippen LogP contribution in [0.2, 0.25) is 0 Å². The van der Waals surface area contributed by atoms with Crippen molar-refractivity contribution in [3.63, 3.8) is 0 Å². The van der Waals surface area contributed by atoms with Crippen molar-refractivity contribution in [2.45, 2.75) is 45.9 Å². The maximum absolute atomic E-state index is 10.1. The number of benzene rings is 1. The highest BCUT2D eigenvalue weighted by Gasteiger charge is 2.26. The molecule has 5 nitrogen and oxygen atoms in total. The number of aryl methyl sites for hydroxylation is 2. The Morgan fingerprint density at radius 2 is 1.77 bits per heavy atom. The van der Waals surface area contributed by atoms with E-state index in [1.165, 1.54) is 11.1 Å². The molecule has 0 amide bonds. The highest BCUT2D eigenvalue weighted by atomic mass is 16.3. The molecule has 2 aromatic rings. The second-order valence-electron chi connectivity index (χ2n) is 6.76. The molecule has 5 heteroatoms. The van der Waals surface area contributed by atoms with Gasteiger partial charge in [0.15, 0.2) is 0 Å². The van der Waals surface area contributed by atoms with Gasteiger partial charge in [-0.15, -0.1) is 0 Å². The fourth-order valence-electron chi connectivity index (χ4n) is 2.58. The van der Waals surface area contributed by atoms with Crippen LogP contribution >= 0.6 is 0 Å². The molecule has 0 saturated carbocycles. The second kappa shape index (κ2) is 6.18. The maximum atomic E-state index is 10.1. The third kappa shape index (κ3) is 3.93. The minimum absolute atomic E-state index is 0.00384. The van der Waals surface area contributed by atoms with Crippen LogP contribution in [0.1, 0.15) is 42.7 Å². The first-order chi connectivity index (χ1) is 10.2. The number of aromatic nitrogens is 3. The Labute approximate surface area is 132 Å². The summed E-state index contributed by atoms with van der Waals surface area (Å²) in [7, 11) is 4.06. The molecule has 0 aliphatic rings. The summed E-state index contributed by atoms with van der Waals surface area (Å²) < 4.78 is 1.82. The van der Waals surface area contributed by atoms with Gasteiger partial charge >= 0.3 is 0 Å². The summed E-state index contributed by atoms with van der Waals surface area (Å²) in [5.41, 5.74) is 1.56. The molecule has 0 spiro atoms. The molecule has 0 unspecified atom stereocenters. The summed E-state index contributed by atoms with van der Waals surface area (Å²) in [5.74, 6) is 1.58. The van der Waals surface area contributed by atoms with Gasteiger partial charge in [0, 0.05) is 0 Å². The van der Waals surface area contributed by atoms with Crippen molar-refractivity contribution in [2.75, 3.05) is 14.1 Å². The number of rotatable bonds is 5. The summed E-state index contributed by atoms with van der Waals surface area (Å²) in [4.78, 5) is 6.73. The molecule has 1 aromatic heterocycles. The highest BCUT2D eigenvalue weighted by molar-refractivity contribution is 5.28. The molecule has 0 aliphatic carbocycles. The first-order valence-corrected chi connectivity index (χ1v) is 7.54. The van der Waals surface area contributed by atoms with Gasteiger partial charge in [0.25, 0.3) is 0 Å². The molecule has 22 heavy (non-hydrogen) atoms. The zero-order valence-corrected chi connectivity index (χ0v) is 14.3. The lowest BCUT2D eigenvalue weighted by Gasteiger charge is -2.26. The lowest BCUT2D eigenvalue weighted by atomic mass is 10.0. The quantitative estimate of drug-likeness (QED) is 0.921. The van der Waals surface area contributed by atoms with Gasteiger partial charge in [0.2, 0.25) is 0 Å². The van der Waals surface area contributed by atoms with E-state index >= 15 is 0 Å². The van der Waals surface area contributed by atoms with Gasteiger partial charge in [-0.25, -0.2) is 9.67 Å². The Morgan fingerprint density at radius 3 is 2.27 bits per heavy atom. The Balaban J connectivity index is 2.47. The molecular weight excluding hydrogens is 276 g/mol. The standard InChI is InChI=1S/C17H26N4O/c1-12-7-9-14(10-8-12)15(20(5)6)16-18-13(2)19-21(16)11-17(3,4)22/h7-10,15,22H,11H2,1-6H3/t15-/m0/s1. The van der Waals surface area contributed by atoms with E-state index in [4.69, 9.17) is 0 Å². The summed E-state index contributed by atoms with van der Waals surface area (Å²) in [5, 5.41) is 14.6. The molecule has 0 aliphatic heterocycles. The van der Waals surface area contributed by atoms with Crippen LogP contribution in [0.4, 0.5) is 0 Å². The van der Waals surface area contributed by atoms with Gasteiger partial charge in [-0.05, 0) is 47.4 Å². The van der Waals surface area contributed by atoms with Gasteiger partial charge in [-0.3, -0.25) is 4.90 Å². The van der Waals surface area contributed by atoms with Gasteiger partial charge < -0.3 is 5.11 Å². The topological polar surface area (TPSA) is 54.2 Å². The fourth-order valence-corrected chi connectivity index (χ4v) is 2.58. The van der Waals surface area contributed by atoms with E-state index in [9.17, 15) is 5.11 Å². The van der Waals surface area contributed by atoms with Gasteiger partial charge in [-0.1, -0.05) is 29.8 Å². The molecule has 1 N–H and O–H groups in total. The van der Waals surface area contributed by atoms with Gasteiger partial charge in [-0.2, -0.15) is 5.10 Å². The maximum Gasteiger partial charge on any atom is 0.149 e. The van der Waals surface area contributed by atoms with Crippen LogP contribution < -0.4 is 0 Å². The van der Waals surface area contributed by atoms with Crippen LogP contribution in [0.5, 0.6) is 0 Å². The van der Waals surface area contributed by atoms with E-state index in [0.717, 1.165) is 11.6 Å². The van der Waals surface area contributed by atoms with Crippen LogP contribution in [0.15, 0.2) is 24.3 Å². The van der Waals surface area contributed by atoms with Crippen molar-refractivity contribution in [3.05, 3.63) is 47.0 Å². The molecule has 120 valence electrons. The van der Waals surface area contributed by atoms with E-state index in [1.54, 1.807) is 13.8 Å². The van der Waals surface area contributed by atoms with Gasteiger partial charge in [0.05, 0.1) is 18.2 Å². The van der Waals surface area contributed by atoms with E-state index in [2.05, 4.69) is 46.2 Å². The smallest absolute Gasteiger partial charge is 0.149 e. The van der Waals surface area contributed by atoms with Crippen molar-refractivity contribution in [2.24, 2.45) is 0 Å². The summed E-state index contributed by atoms with van der Waals surface area (Å²) in [6.07, 6.45) is 0. The minimum Gasteiger partial charge on any atom is -0.389 e. The molecule has 1 atom stereocenters. The predicted octanol–water partition coefficient (Wildman–Crippen LogP) is 2.32. The van der Waals surface area contributed by atoms with Crippen molar-refractivity contribution < 1.29 is 5.11 Å². The predicted molar refractivity (Wildman–Crippen MR) is 87.8 cm³/mol. The molecule has 1 aromatic carbocycles. The molecule has 1 heterocycles. The van der Waals surface area contributed by atoms with Crippen LogP contribution in [0.3, 0.4) is 0 Å². The Bertz CT molecular complexity index is 623. The summed E-state index contributed by atoms with van der Waals surface area (Å²) in [6.45, 7) is 7.94. The van der Waals surface area contributed by atoms with Crippen LogP contribution in [0.25, 0.3) is 0 Å². The number of hydrogen-bond acceptors (Lipinski definition) is 4. The number of nitrogens with zero attached hydrogens (tertiary/aromatic N) is 4. The largest absolute Gasteiger partial charge is 0.389 e. The van der Waals surface area contributed by atoms with Crippen LogP contribution in [-0.4, -0.2) is 44.5 Å². The Hall–Kier alpha value is -1.72. The minimum atomic E-state index is -0.834. The third-order valence-corrected chi connectivity index (χ3v) is 3.50. The van der Waals surface area contributed by atoms with E-state index < -0.39 is 5.60 Å². The molecule has 0 bridgehead atoms. The van der Waals surface area contributed by atoms with Gasteiger partial charge in [0.1, 0.15) is 11.6 Å². The lowest BCUT2D eigenvalue weighted by molar-refractivity contribution is 0.0554. The Kier molecular flexibility index (Phi) is 4.68. The monoisotopic (exact) mass is 302 g/mol. The first kappa shape index (κ1) is 16.6. The van der Waals surface area contributed by atoms with Crippen molar-refractivity contribution in [1.82, 2.24) is 19.7 Å². The Morgan fingerprint density at radius 1 is 1.18 bits per heavy atom. The van der Waals surface area contributed by atoms with Crippen molar-refractivity contribution >= 4 is 0 Å². The molecule has 2 rings (SSSR count). The number of hydrogen-bond donors (Lipinski definition) is 1. The van der Waals surface area contributed by atoms with E-state index in [1.807, 2.05) is 25.7 Å². The third-order valence-electron chi connectivity index (χ3n) is 3.50. The zero-order chi connectivity index (χ0) is 16.5. The van der Waals surface area contributed by atoms with Crippen molar-refractivity contribution in [1.29, 1.82) is 0 Å². The highest BCUT2D eigenvalue weighted by Crippen LogP contribution is 2.26. The average molecular weight is 302 g/mol. The normalized spacial score (nSPS) is 13.6. The first-order valence-electron chi connectivity index (χ1n) is 7.54. The summed E-state index contributed by atoms with van der Waals surface area (Å²) in [6, 6.07) is 8.46. The SMILES string of the molecule is Cc1ccc([C@@H](c2nc(C)nn2CC(C)(C)O)N(C)C)cc1. The van der Waals surface area contributed by atoms with Crippen molar-refractivity contribution in [3.8, 4) is 0 Å². The average Bonchev–Trinajstić information content (AvgIpc) is 2.70. The number of aliphatic hydroxyl groups is 1. The molecular formula is C17H26N4O. The lowest BCUT2D eigenvalue weighted by Crippen LogP contribution is -2.31. The van der Waals surface area contributed by atoms with Crippen LogP contribution in [0, 0.1) is 13.8 Å². The summed E-state index contributed by atoms with van der Waals surface area (Å²) >= 11 is 0. The van der Waals surface area contributed by atoms with Crippen LogP contribution in [-0.2, 0) is 6.54 Å². The molecule has 0 fully saturated rings. The van der Waals surface area contributed by atoms with E-state index in [0.29, 0.717) is 6.54 Å².